The van der Waals surface area contributed by atoms with Gasteiger partial charge >= 0.3 is 0 Å². The van der Waals surface area contributed by atoms with Crippen molar-refractivity contribution in [3.8, 4) is 0 Å². The van der Waals surface area contributed by atoms with Crippen LogP contribution in [0.25, 0.3) is 0 Å². The molecule has 2 aliphatic carbocycles. The topological polar surface area (TPSA) is 104 Å². The maximum atomic E-state index is 12.4. The summed E-state index contributed by atoms with van der Waals surface area (Å²) in [6, 6.07) is 0.671. The molecule has 0 aromatic carbocycles. The molecule has 2 atom stereocenters. The Morgan fingerprint density at radius 3 is 2.55 bits per heavy atom. The first-order chi connectivity index (χ1) is 13.3. The SMILES string of the molecule is CCNC(=NCc1noc(C(C)(C)C)n1)NC1CCCC(C(=O)NC2CC2)C1.I. The van der Waals surface area contributed by atoms with Crippen molar-refractivity contribution in [1.82, 2.24) is 26.1 Å². The lowest BCUT2D eigenvalue weighted by Gasteiger charge is -2.30. The summed E-state index contributed by atoms with van der Waals surface area (Å²) in [5.41, 5.74) is -0.171. The Bertz CT molecular complexity index is 695. The van der Waals surface area contributed by atoms with Crippen LogP contribution in [-0.2, 0) is 16.8 Å². The molecule has 2 saturated carbocycles. The molecule has 0 spiro atoms. The Morgan fingerprint density at radius 1 is 1.17 bits per heavy atom. The van der Waals surface area contributed by atoms with E-state index in [1.807, 2.05) is 27.7 Å². The summed E-state index contributed by atoms with van der Waals surface area (Å²) in [6.45, 7) is 9.28. The molecule has 2 fully saturated rings. The molecule has 29 heavy (non-hydrogen) atoms. The van der Waals surface area contributed by atoms with Crippen molar-refractivity contribution in [3.63, 3.8) is 0 Å². The van der Waals surface area contributed by atoms with Crippen LogP contribution in [0.4, 0.5) is 0 Å². The second-order valence-corrected chi connectivity index (χ2v) is 8.95. The third kappa shape index (κ3) is 7.42. The maximum absolute atomic E-state index is 12.4. The van der Waals surface area contributed by atoms with Crippen molar-refractivity contribution in [2.75, 3.05) is 6.54 Å². The molecule has 1 amide bonds. The average Bonchev–Trinajstić information content (AvgIpc) is 3.31. The van der Waals surface area contributed by atoms with Crippen molar-refractivity contribution in [2.24, 2.45) is 10.9 Å². The number of nitrogens with one attached hydrogen (secondary N) is 3. The van der Waals surface area contributed by atoms with E-state index in [1.165, 1.54) is 0 Å². The number of hydrogen-bond acceptors (Lipinski definition) is 5. The van der Waals surface area contributed by atoms with Crippen LogP contribution < -0.4 is 16.0 Å². The zero-order valence-electron chi connectivity index (χ0n) is 18.0. The molecule has 0 bridgehead atoms. The van der Waals surface area contributed by atoms with Crippen LogP contribution in [0.5, 0.6) is 0 Å². The Balaban J connectivity index is 0.00000300. The van der Waals surface area contributed by atoms with Gasteiger partial charge in [0.25, 0.3) is 0 Å². The van der Waals surface area contributed by atoms with Gasteiger partial charge in [0, 0.05) is 30.0 Å². The third-order valence-corrected chi connectivity index (χ3v) is 5.14. The fourth-order valence-corrected chi connectivity index (χ4v) is 3.39. The standard InChI is InChI=1S/C20H34N6O2.HI/c1-5-21-19(22-12-16-25-18(28-26-16)20(2,3)4)24-15-8-6-7-13(11-15)17(27)23-14-9-10-14;/h13-15H,5-12H2,1-4H3,(H,23,27)(H2,21,22,24);1H. The molecule has 164 valence electrons. The third-order valence-electron chi connectivity index (χ3n) is 5.14. The Labute approximate surface area is 190 Å². The minimum Gasteiger partial charge on any atom is -0.357 e. The van der Waals surface area contributed by atoms with Crippen molar-refractivity contribution < 1.29 is 9.32 Å². The predicted octanol–water partition coefficient (Wildman–Crippen LogP) is 2.88. The summed E-state index contributed by atoms with van der Waals surface area (Å²) in [5, 5.41) is 13.9. The van der Waals surface area contributed by atoms with Gasteiger partial charge in [0.15, 0.2) is 11.8 Å². The van der Waals surface area contributed by atoms with Crippen LogP contribution >= 0.6 is 24.0 Å². The number of hydrogen-bond donors (Lipinski definition) is 3. The van der Waals surface area contributed by atoms with E-state index in [0.29, 0.717) is 24.3 Å². The molecule has 1 aromatic heterocycles. The van der Waals surface area contributed by atoms with E-state index >= 15 is 0 Å². The number of aromatic nitrogens is 2. The largest absolute Gasteiger partial charge is 0.357 e. The Kier molecular flexibility index (Phi) is 8.72. The van der Waals surface area contributed by atoms with E-state index in [0.717, 1.165) is 51.0 Å². The van der Waals surface area contributed by atoms with Crippen LogP contribution in [0.15, 0.2) is 9.52 Å². The first-order valence-corrected chi connectivity index (χ1v) is 10.5. The number of rotatable bonds is 6. The van der Waals surface area contributed by atoms with Crippen LogP contribution in [0.2, 0.25) is 0 Å². The van der Waals surface area contributed by atoms with Crippen LogP contribution in [-0.4, -0.2) is 40.6 Å². The number of halogens is 1. The quantitative estimate of drug-likeness (QED) is 0.304. The van der Waals surface area contributed by atoms with E-state index < -0.39 is 0 Å². The van der Waals surface area contributed by atoms with Gasteiger partial charge in [0.2, 0.25) is 11.8 Å². The minimum absolute atomic E-state index is 0. The first-order valence-electron chi connectivity index (χ1n) is 10.5. The van der Waals surface area contributed by atoms with Gasteiger partial charge in [-0.25, -0.2) is 4.99 Å². The fraction of sp³-hybridized carbons (Fsp3) is 0.800. The molecule has 0 radical (unpaired) electrons. The molecule has 3 rings (SSSR count). The van der Waals surface area contributed by atoms with E-state index in [1.54, 1.807) is 0 Å². The normalized spacial score (nSPS) is 22.6. The fourth-order valence-electron chi connectivity index (χ4n) is 3.39. The van der Waals surface area contributed by atoms with Gasteiger partial charge in [0.05, 0.1) is 0 Å². The molecular formula is C20H35IN6O2. The number of amides is 1. The first kappa shape index (κ1) is 23.9. The number of carbonyl (C=O) groups excluding carboxylic acids is 1. The lowest BCUT2D eigenvalue weighted by Crippen LogP contribution is -2.47. The maximum Gasteiger partial charge on any atom is 0.232 e. The van der Waals surface area contributed by atoms with Crippen LogP contribution in [0.3, 0.4) is 0 Å². The lowest BCUT2D eigenvalue weighted by molar-refractivity contribution is -0.126. The summed E-state index contributed by atoms with van der Waals surface area (Å²) < 4.78 is 5.33. The van der Waals surface area contributed by atoms with Crippen LogP contribution in [0, 0.1) is 5.92 Å². The van der Waals surface area contributed by atoms with Gasteiger partial charge in [-0.2, -0.15) is 4.98 Å². The van der Waals surface area contributed by atoms with Crippen molar-refractivity contribution in [2.45, 2.75) is 90.3 Å². The van der Waals surface area contributed by atoms with Crippen molar-refractivity contribution in [1.29, 1.82) is 0 Å². The van der Waals surface area contributed by atoms with Crippen molar-refractivity contribution in [3.05, 3.63) is 11.7 Å². The molecule has 3 N–H and O–H groups in total. The smallest absolute Gasteiger partial charge is 0.232 e. The molecule has 8 nitrogen and oxygen atoms in total. The number of aliphatic imine (C=N–C) groups is 1. The van der Waals surface area contributed by atoms with Crippen molar-refractivity contribution >= 4 is 35.8 Å². The lowest BCUT2D eigenvalue weighted by atomic mass is 9.85. The van der Waals surface area contributed by atoms with Gasteiger partial charge in [-0.15, -0.1) is 24.0 Å². The summed E-state index contributed by atoms with van der Waals surface area (Å²) >= 11 is 0. The summed E-state index contributed by atoms with van der Waals surface area (Å²) in [4.78, 5) is 21.4. The summed E-state index contributed by atoms with van der Waals surface area (Å²) in [5.74, 6) is 2.25. The molecule has 2 aliphatic rings. The summed E-state index contributed by atoms with van der Waals surface area (Å²) in [6.07, 6.45) is 6.19. The highest BCUT2D eigenvalue weighted by molar-refractivity contribution is 14.0. The van der Waals surface area contributed by atoms with E-state index in [-0.39, 0.29) is 47.3 Å². The molecule has 2 unspecified atom stereocenters. The minimum atomic E-state index is -0.171. The number of nitrogens with zero attached hydrogens (tertiary/aromatic N) is 3. The molecular weight excluding hydrogens is 483 g/mol. The number of carbonyl (C=O) groups is 1. The second kappa shape index (κ2) is 10.6. The average molecular weight is 518 g/mol. The van der Waals surface area contributed by atoms with E-state index in [4.69, 9.17) is 4.52 Å². The Morgan fingerprint density at radius 2 is 1.93 bits per heavy atom. The summed E-state index contributed by atoms with van der Waals surface area (Å²) in [7, 11) is 0. The molecule has 0 saturated heterocycles. The molecule has 1 aromatic rings. The molecule has 0 aliphatic heterocycles. The highest BCUT2D eigenvalue weighted by Gasteiger charge is 2.31. The second-order valence-electron chi connectivity index (χ2n) is 8.95. The van der Waals surface area contributed by atoms with E-state index in [2.05, 4.69) is 31.1 Å². The highest BCUT2D eigenvalue weighted by atomic mass is 127. The molecule has 1 heterocycles. The van der Waals surface area contributed by atoms with Gasteiger partial charge in [-0.3, -0.25) is 4.79 Å². The predicted molar refractivity (Wildman–Crippen MR) is 123 cm³/mol. The highest BCUT2D eigenvalue weighted by Crippen LogP contribution is 2.27. The van der Waals surface area contributed by atoms with Gasteiger partial charge < -0.3 is 20.5 Å². The monoisotopic (exact) mass is 518 g/mol. The van der Waals surface area contributed by atoms with Gasteiger partial charge in [-0.05, 0) is 39.0 Å². The molecule has 9 heteroatoms. The van der Waals surface area contributed by atoms with Gasteiger partial charge in [-0.1, -0.05) is 32.3 Å². The van der Waals surface area contributed by atoms with Crippen LogP contribution in [0.1, 0.15) is 77.9 Å². The number of guanidine groups is 1. The van der Waals surface area contributed by atoms with Gasteiger partial charge in [0.1, 0.15) is 6.54 Å². The Hall–Kier alpha value is -1.39. The zero-order valence-corrected chi connectivity index (χ0v) is 20.3. The zero-order chi connectivity index (χ0) is 20.1. The van der Waals surface area contributed by atoms with E-state index in [9.17, 15) is 4.79 Å².